The van der Waals surface area contributed by atoms with Crippen LogP contribution in [0.3, 0.4) is 0 Å². The highest BCUT2D eigenvalue weighted by Crippen LogP contribution is 2.20. The van der Waals surface area contributed by atoms with Gasteiger partial charge in [0.2, 0.25) is 0 Å². The quantitative estimate of drug-likeness (QED) is 0.673. The monoisotopic (exact) mass is 360 g/mol. The number of aryl methyl sites for hydroxylation is 1. The summed E-state index contributed by atoms with van der Waals surface area (Å²) in [4.78, 5) is 25.5. The summed E-state index contributed by atoms with van der Waals surface area (Å²) in [6, 6.07) is 10.7. The maximum Gasteiger partial charge on any atom is 0.329 e. The van der Waals surface area contributed by atoms with E-state index in [0.29, 0.717) is 10.4 Å². The molecule has 3 amide bonds. The Balaban J connectivity index is 1.81. The SMILES string of the molecule is Cc1cccc(CN2C(=O)N/C(=C/c3ccc(Br)o3)C2=O)c1. The number of imide groups is 1. The van der Waals surface area contributed by atoms with Gasteiger partial charge in [0.25, 0.3) is 5.91 Å². The molecule has 2 heterocycles. The maximum atomic E-state index is 12.3. The molecule has 0 atom stereocenters. The Morgan fingerprint density at radius 1 is 1.27 bits per heavy atom. The Labute approximate surface area is 135 Å². The summed E-state index contributed by atoms with van der Waals surface area (Å²) in [6.45, 7) is 2.21. The summed E-state index contributed by atoms with van der Waals surface area (Å²) < 4.78 is 5.88. The van der Waals surface area contributed by atoms with Gasteiger partial charge >= 0.3 is 6.03 Å². The van der Waals surface area contributed by atoms with E-state index in [4.69, 9.17) is 4.42 Å². The van der Waals surface area contributed by atoms with Gasteiger partial charge in [0.15, 0.2) is 4.67 Å². The minimum absolute atomic E-state index is 0.208. The number of nitrogens with zero attached hydrogens (tertiary/aromatic N) is 1. The van der Waals surface area contributed by atoms with Crippen LogP contribution in [0.2, 0.25) is 0 Å². The summed E-state index contributed by atoms with van der Waals surface area (Å²) >= 11 is 3.19. The second kappa shape index (κ2) is 5.81. The molecule has 5 nitrogen and oxygen atoms in total. The van der Waals surface area contributed by atoms with E-state index in [9.17, 15) is 9.59 Å². The Kier molecular flexibility index (Phi) is 3.85. The number of benzene rings is 1. The van der Waals surface area contributed by atoms with Crippen LogP contribution in [0, 0.1) is 6.92 Å². The van der Waals surface area contributed by atoms with Crippen LogP contribution >= 0.6 is 15.9 Å². The van der Waals surface area contributed by atoms with Crippen LogP contribution in [-0.2, 0) is 11.3 Å². The van der Waals surface area contributed by atoms with E-state index < -0.39 is 6.03 Å². The van der Waals surface area contributed by atoms with Gasteiger partial charge in [-0.2, -0.15) is 0 Å². The first-order valence-electron chi connectivity index (χ1n) is 6.68. The standard InChI is InChI=1S/C16H13BrN2O3/c1-10-3-2-4-11(7-10)9-19-15(20)13(18-16(19)21)8-12-5-6-14(17)22-12/h2-8H,9H2,1H3,(H,18,21)/b13-8+. The van der Waals surface area contributed by atoms with Crippen molar-refractivity contribution in [3.63, 3.8) is 0 Å². The van der Waals surface area contributed by atoms with Crippen molar-refractivity contribution in [1.82, 2.24) is 10.2 Å². The third-order valence-electron chi connectivity index (χ3n) is 3.27. The Morgan fingerprint density at radius 2 is 2.09 bits per heavy atom. The summed E-state index contributed by atoms with van der Waals surface area (Å²) in [5.74, 6) is 0.131. The number of carbonyl (C=O) groups excluding carboxylic acids is 2. The molecule has 112 valence electrons. The van der Waals surface area contributed by atoms with E-state index in [1.54, 1.807) is 12.1 Å². The number of amides is 3. The van der Waals surface area contributed by atoms with Gasteiger partial charge in [-0.3, -0.25) is 9.69 Å². The smallest absolute Gasteiger partial charge is 0.329 e. The van der Waals surface area contributed by atoms with Gasteiger partial charge in [-0.25, -0.2) is 4.79 Å². The Morgan fingerprint density at radius 3 is 2.77 bits per heavy atom. The first-order chi connectivity index (χ1) is 10.5. The molecule has 1 aromatic carbocycles. The third kappa shape index (κ3) is 2.96. The molecule has 0 aliphatic carbocycles. The number of nitrogens with one attached hydrogen (secondary N) is 1. The van der Waals surface area contributed by atoms with E-state index in [2.05, 4.69) is 21.2 Å². The number of furan rings is 1. The van der Waals surface area contributed by atoms with Gasteiger partial charge in [0, 0.05) is 6.08 Å². The molecule has 0 spiro atoms. The van der Waals surface area contributed by atoms with E-state index in [1.165, 1.54) is 11.0 Å². The van der Waals surface area contributed by atoms with Crippen molar-refractivity contribution in [2.45, 2.75) is 13.5 Å². The van der Waals surface area contributed by atoms with Crippen molar-refractivity contribution in [3.8, 4) is 0 Å². The number of carbonyl (C=O) groups is 2. The highest BCUT2D eigenvalue weighted by molar-refractivity contribution is 9.10. The second-order valence-corrected chi connectivity index (χ2v) is 5.79. The van der Waals surface area contributed by atoms with E-state index in [-0.39, 0.29) is 18.1 Å². The lowest BCUT2D eigenvalue weighted by atomic mass is 10.1. The lowest BCUT2D eigenvalue weighted by Gasteiger charge is -2.12. The fourth-order valence-corrected chi connectivity index (χ4v) is 2.58. The van der Waals surface area contributed by atoms with Crippen LogP contribution in [0.1, 0.15) is 16.9 Å². The summed E-state index contributed by atoms with van der Waals surface area (Å²) in [7, 11) is 0. The van der Waals surface area contributed by atoms with E-state index in [0.717, 1.165) is 11.1 Å². The molecular weight excluding hydrogens is 348 g/mol. The fourth-order valence-electron chi connectivity index (χ4n) is 2.26. The van der Waals surface area contributed by atoms with Crippen LogP contribution in [0.15, 0.2) is 51.2 Å². The number of rotatable bonds is 3. The van der Waals surface area contributed by atoms with Crippen LogP contribution in [0.25, 0.3) is 6.08 Å². The molecule has 1 aliphatic rings. The summed E-state index contributed by atoms with van der Waals surface area (Å²) in [5, 5.41) is 2.57. The van der Waals surface area contributed by atoms with E-state index in [1.807, 2.05) is 31.2 Å². The van der Waals surface area contributed by atoms with Gasteiger partial charge in [-0.05, 0) is 40.5 Å². The molecule has 0 unspecified atom stereocenters. The lowest BCUT2D eigenvalue weighted by Crippen LogP contribution is -2.30. The third-order valence-corrected chi connectivity index (χ3v) is 3.69. The normalized spacial score (nSPS) is 16.5. The van der Waals surface area contributed by atoms with Crippen LogP contribution in [0.4, 0.5) is 4.79 Å². The predicted molar refractivity (Wildman–Crippen MR) is 84.6 cm³/mol. The summed E-state index contributed by atoms with van der Waals surface area (Å²) in [6.07, 6.45) is 1.52. The first kappa shape index (κ1) is 14.6. The first-order valence-corrected chi connectivity index (χ1v) is 7.47. The van der Waals surface area contributed by atoms with Gasteiger partial charge in [-0.15, -0.1) is 0 Å². The fraction of sp³-hybridized carbons (Fsp3) is 0.125. The van der Waals surface area contributed by atoms with Gasteiger partial charge < -0.3 is 9.73 Å². The maximum absolute atomic E-state index is 12.3. The van der Waals surface area contributed by atoms with Gasteiger partial charge in [-0.1, -0.05) is 29.8 Å². The number of halogens is 1. The molecule has 1 fully saturated rings. The molecule has 3 rings (SSSR count). The zero-order valence-electron chi connectivity index (χ0n) is 11.8. The Hall–Kier alpha value is -2.34. The zero-order valence-corrected chi connectivity index (χ0v) is 13.4. The molecule has 1 saturated heterocycles. The van der Waals surface area contributed by atoms with Crippen molar-refractivity contribution >= 4 is 33.9 Å². The molecule has 6 heteroatoms. The van der Waals surface area contributed by atoms with Crippen molar-refractivity contribution in [2.24, 2.45) is 0 Å². The molecule has 1 aromatic heterocycles. The molecule has 0 bridgehead atoms. The predicted octanol–water partition coefficient (Wildman–Crippen LogP) is 3.44. The minimum Gasteiger partial charge on any atom is -0.450 e. The largest absolute Gasteiger partial charge is 0.450 e. The van der Waals surface area contributed by atoms with Crippen molar-refractivity contribution in [2.75, 3.05) is 0 Å². The van der Waals surface area contributed by atoms with Crippen LogP contribution in [-0.4, -0.2) is 16.8 Å². The Bertz CT molecular complexity index is 779. The summed E-state index contributed by atoms with van der Waals surface area (Å²) in [5.41, 5.74) is 2.20. The molecule has 0 saturated carbocycles. The molecular formula is C16H13BrN2O3. The van der Waals surface area contributed by atoms with E-state index >= 15 is 0 Å². The van der Waals surface area contributed by atoms with Gasteiger partial charge in [0.05, 0.1) is 6.54 Å². The average molecular weight is 361 g/mol. The number of urea groups is 1. The topological polar surface area (TPSA) is 62.6 Å². The van der Waals surface area contributed by atoms with Crippen molar-refractivity contribution in [3.05, 3.63) is 63.7 Å². The highest BCUT2D eigenvalue weighted by atomic mass is 79.9. The van der Waals surface area contributed by atoms with Crippen LogP contribution in [0.5, 0.6) is 0 Å². The number of hydrogen-bond acceptors (Lipinski definition) is 3. The second-order valence-electron chi connectivity index (χ2n) is 5.01. The molecule has 1 aliphatic heterocycles. The molecule has 22 heavy (non-hydrogen) atoms. The number of hydrogen-bond donors (Lipinski definition) is 1. The van der Waals surface area contributed by atoms with Gasteiger partial charge in [0.1, 0.15) is 11.5 Å². The molecule has 1 N–H and O–H groups in total. The van der Waals surface area contributed by atoms with Crippen LogP contribution < -0.4 is 5.32 Å². The molecule has 2 aromatic rings. The van der Waals surface area contributed by atoms with Crippen molar-refractivity contribution in [1.29, 1.82) is 0 Å². The lowest BCUT2D eigenvalue weighted by molar-refractivity contribution is -0.123. The molecule has 0 radical (unpaired) electrons. The van der Waals surface area contributed by atoms with Crippen molar-refractivity contribution < 1.29 is 14.0 Å². The average Bonchev–Trinajstić information content (AvgIpc) is 2.98. The highest BCUT2D eigenvalue weighted by Gasteiger charge is 2.33. The minimum atomic E-state index is -0.427. The zero-order chi connectivity index (χ0) is 15.7.